The molecule has 0 unspecified atom stereocenters. The lowest BCUT2D eigenvalue weighted by molar-refractivity contribution is -0.127. The minimum atomic E-state index is -3.75. The molecular weight excluding hydrogens is 1080 g/mol. The summed E-state index contributed by atoms with van der Waals surface area (Å²) >= 11 is 12.4. The fraction of sp³-hybridized carbons (Fsp3) is 0.429. The first-order valence-corrected chi connectivity index (χ1v) is 27.7. The monoisotopic (exact) mass is 1140 g/mol. The first-order valence-electron chi connectivity index (χ1n) is 22.7. The molecule has 2 fully saturated rings. The van der Waals surface area contributed by atoms with Gasteiger partial charge in [0.2, 0.25) is 31.9 Å². The lowest BCUT2D eigenvalue weighted by Gasteiger charge is -2.29. The highest BCUT2D eigenvalue weighted by Gasteiger charge is 2.32. The third kappa shape index (κ3) is 17.9. The Morgan fingerprint density at radius 2 is 1.13 bits per heavy atom. The third-order valence-corrected chi connectivity index (χ3v) is 16.4. The molecular formula is C49H62Br2ClF2N7O6S2. The zero-order valence-corrected chi connectivity index (χ0v) is 44.8. The molecule has 0 spiro atoms. The van der Waals surface area contributed by atoms with Crippen molar-refractivity contribution in [3.8, 4) is 0 Å². The number of amides is 2. The molecule has 376 valence electrons. The van der Waals surface area contributed by atoms with Crippen LogP contribution in [0.5, 0.6) is 0 Å². The maximum absolute atomic E-state index is 13.1. The summed E-state index contributed by atoms with van der Waals surface area (Å²) in [5.74, 6) is -0.509. The van der Waals surface area contributed by atoms with Crippen molar-refractivity contribution in [2.75, 3.05) is 18.5 Å². The second-order valence-electron chi connectivity index (χ2n) is 17.1. The van der Waals surface area contributed by atoms with Crippen molar-refractivity contribution in [3.05, 3.63) is 135 Å². The van der Waals surface area contributed by atoms with Gasteiger partial charge in [-0.2, -0.15) is 0 Å². The van der Waals surface area contributed by atoms with Crippen LogP contribution in [0.4, 0.5) is 14.6 Å². The fourth-order valence-electron chi connectivity index (χ4n) is 7.73. The molecule has 69 heavy (non-hydrogen) atoms. The highest BCUT2D eigenvalue weighted by molar-refractivity contribution is 9.11. The van der Waals surface area contributed by atoms with E-state index in [1.54, 1.807) is 36.4 Å². The standard InChI is InChI=1S/C24H30BrFN4O3S.C20H22BrClFN3O3S.C5H10/c1-4-13-30(3)23-22(25)14-21(15-27-23)34(32,33)29-20-11-7-18(8-12-20)24(31)28-16(2)17-5-9-19(26)10-6-17;1-12(13-2-6-15(23)7-3-13)25-20(27)14-4-8-16(9-5-14)26-30(28,29)17-10-18(21)19(22)24-11-17;1-3-5-4-2/h4-6,9-10,14-16,18,20,29H,1,7-8,11-13H2,2-3H3,(H,28,31);2-3,6-7,10-12,14,16,26H,4-5,8-9H2,1H3,(H,25,27);3H,1,4-5H2,2H3/t16-,18?,20?;12-,14?,16?;/m11./s1. The number of nitrogens with zero attached hydrogens (tertiary/aromatic N) is 3. The van der Waals surface area contributed by atoms with E-state index in [-0.39, 0.29) is 74.4 Å². The zero-order valence-electron chi connectivity index (χ0n) is 39.2. The molecule has 2 atom stereocenters. The van der Waals surface area contributed by atoms with Crippen molar-refractivity contribution in [2.24, 2.45) is 11.8 Å². The smallest absolute Gasteiger partial charge is 0.242 e. The first-order chi connectivity index (χ1) is 32.7. The average Bonchev–Trinajstić information content (AvgIpc) is 3.31. The SMILES string of the molecule is C=CCCC.C=CCN(C)c1ncc(S(=O)(=O)NC2CCC(C(=O)N[C@H](C)c3ccc(F)cc3)CC2)cc1Br.C[C@@H](NC(=O)C1CCC(NS(=O)(=O)c2cnc(Cl)c(Br)c2)CC1)c1ccc(F)cc1. The Bertz CT molecular complexity index is 2570. The summed E-state index contributed by atoms with van der Waals surface area (Å²) in [7, 11) is -5.63. The molecule has 20 heteroatoms. The van der Waals surface area contributed by atoms with E-state index < -0.39 is 20.0 Å². The van der Waals surface area contributed by atoms with Crippen LogP contribution in [0, 0.1) is 23.5 Å². The van der Waals surface area contributed by atoms with E-state index in [4.69, 9.17) is 11.6 Å². The van der Waals surface area contributed by atoms with Gasteiger partial charge in [0.25, 0.3) is 0 Å². The van der Waals surface area contributed by atoms with Crippen LogP contribution >= 0.6 is 43.5 Å². The molecule has 2 heterocycles. The summed E-state index contributed by atoms with van der Waals surface area (Å²) in [4.78, 5) is 35.4. The molecule has 0 aliphatic heterocycles. The lowest BCUT2D eigenvalue weighted by atomic mass is 9.85. The van der Waals surface area contributed by atoms with Crippen molar-refractivity contribution in [3.63, 3.8) is 0 Å². The summed E-state index contributed by atoms with van der Waals surface area (Å²) in [5, 5.41) is 6.13. The number of hydrogen-bond donors (Lipinski definition) is 4. The molecule has 0 saturated heterocycles. The van der Waals surface area contributed by atoms with Crippen LogP contribution < -0.4 is 25.0 Å². The molecule has 4 aromatic rings. The van der Waals surface area contributed by atoms with E-state index in [2.05, 4.69) is 82.0 Å². The number of hydrogen-bond acceptors (Lipinski definition) is 9. The van der Waals surface area contributed by atoms with E-state index in [1.807, 2.05) is 31.9 Å². The van der Waals surface area contributed by atoms with E-state index in [9.17, 15) is 35.2 Å². The van der Waals surface area contributed by atoms with Crippen LogP contribution in [0.3, 0.4) is 0 Å². The maximum Gasteiger partial charge on any atom is 0.242 e. The minimum Gasteiger partial charge on any atom is -0.355 e. The number of likely N-dealkylation sites (N-methyl/N-ethyl adjacent to an activating group) is 1. The molecule has 2 aromatic carbocycles. The number of carbonyl (C=O) groups is 2. The highest BCUT2D eigenvalue weighted by Crippen LogP contribution is 2.31. The molecule has 2 amide bonds. The average molecular weight is 1140 g/mol. The Labute approximate surface area is 428 Å². The van der Waals surface area contributed by atoms with Crippen molar-refractivity contribution in [1.29, 1.82) is 0 Å². The van der Waals surface area contributed by atoms with E-state index >= 15 is 0 Å². The Hall–Kier alpha value is -4.11. The van der Waals surface area contributed by atoms with E-state index in [0.717, 1.165) is 17.5 Å². The van der Waals surface area contributed by atoms with Gasteiger partial charge in [0.05, 0.1) is 21.0 Å². The van der Waals surface area contributed by atoms with Crippen molar-refractivity contribution >= 4 is 81.1 Å². The second-order valence-corrected chi connectivity index (χ2v) is 22.6. The van der Waals surface area contributed by atoms with E-state index in [0.29, 0.717) is 72.7 Å². The quantitative estimate of drug-likeness (QED) is 0.0591. The summed E-state index contributed by atoms with van der Waals surface area (Å²) in [5.41, 5.74) is 1.66. The van der Waals surface area contributed by atoms with Crippen molar-refractivity contribution in [1.82, 2.24) is 30.0 Å². The number of anilines is 1. The zero-order chi connectivity index (χ0) is 50.9. The molecule has 6 rings (SSSR count). The second kappa shape index (κ2) is 27.5. The predicted molar refractivity (Wildman–Crippen MR) is 276 cm³/mol. The summed E-state index contributed by atoms with van der Waals surface area (Å²) < 4.78 is 83.6. The predicted octanol–water partition coefficient (Wildman–Crippen LogP) is 10.6. The molecule has 2 aliphatic rings. The van der Waals surface area contributed by atoms with Gasteiger partial charge in [0.1, 0.15) is 32.4 Å². The van der Waals surface area contributed by atoms with Gasteiger partial charge in [0.15, 0.2) is 0 Å². The van der Waals surface area contributed by atoms with Gasteiger partial charge in [0, 0.05) is 49.9 Å². The van der Waals surface area contributed by atoms with Crippen LogP contribution in [0.25, 0.3) is 0 Å². The Balaban J connectivity index is 0.000000275. The molecule has 4 N–H and O–H groups in total. The molecule has 13 nitrogen and oxygen atoms in total. The van der Waals surface area contributed by atoms with Gasteiger partial charge in [-0.25, -0.2) is 45.0 Å². The number of pyridine rings is 2. The number of benzene rings is 2. The third-order valence-electron chi connectivity index (χ3n) is 11.7. The maximum atomic E-state index is 13.1. The highest BCUT2D eigenvalue weighted by atomic mass is 79.9. The van der Waals surface area contributed by atoms with Gasteiger partial charge in [-0.05, 0) is 151 Å². The van der Waals surface area contributed by atoms with Gasteiger partial charge in [-0.3, -0.25) is 9.59 Å². The lowest BCUT2D eigenvalue weighted by Crippen LogP contribution is -2.41. The van der Waals surface area contributed by atoms with Crippen molar-refractivity contribution in [2.45, 2.75) is 119 Å². The van der Waals surface area contributed by atoms with Crippen LogP contribution in [0.15, 0.2) is 117 Å². The van der Waals surface area contributed by atoms with Gasteiger partial charge in [-0.15, -0.1) is 13.2 Å². The number of unbranched alkanes of at least 4 members (excludes halogenated alkanes) is 1. The van der Waals surface area contributed by atoms with Crippen LogP contribution in [0.1, 0.15) is 108 Å². The van der Waals surface area contributed by atoms with Crippen molar-refractivity contribution < 1.29 is 35.2 Å². The number of nitrogens with one attached hydrogen (secondary N) is 4. The topological polar surface area (TPSA) is 180 Å². The number of carbonyl (C=O) groups excluding carboxylic acids is 2. The normalized spacial score (nSPS) is 19.0. The largest absolute Gasteiger partial charge is 0.355 e. The van der Waals surface area contributed by atoms with Gasteiger partial charge >= 0.3 is 0 Å². The Morgan fingerprint density at radius 3 is 1.48 bits per heavy atom. The number of rotatable bonds is 17. The fourth-order valence-corrected chi connectivity index (χ4v) is 11.7. The first kappa shape index (κ1) is 57.5. The van der Waals surface area contributed by atoms with Crippen LogP contribution in [-0.4, -0.2) is 64.3 Å². The number of sulfonamides is 2. The number of aromatic nitrogens is 2. The summed E-state index contributed by atoms with van der Waals surface area (Å²) in [6.07, 6.45) is 13.2. The molecule has 2 aliphatic carbocycles. The van der Waals surface area contributed by atoms with Gasteiger partial charge in [-0.1, -0.05) is 61.4 Å². The minimum absolute atomic E-state index is 0.0340. The number of allylic oxidation sites excluding steroid dienone is 1. The molecule has 0 radical (unpaired) electrons. The van der Waals surface area contributed by atoms with Gasteiger partial charge < -0.3 is 15.5 Å². The van der Waals surface area contributed by atoms with Crippen LogP contribution in [0.2, 0.25) is 5.15 Å². The molecule has 0 bridgehead atoms. The summed E-state index contributed by atoms with van der Waals surface area (Å²) in [6.45, 7) is 13.7. The van der Waals surface area contributed by atoms with Crippen LogP contribution in [-0.2, 0) is 29.6 Å². The Morgan fingerprint density at radius 1 is 0.725 bits per heavy atom. The van der Waals surface area contributed by atoms with E-state index in [1.165, 1.54) is 49.1 Å². The summed E-state index contributed by atoms with van der Waals surface area (Å²) in [6, 6.07) is 14.1. The Kier molecular flexibility index (Phi) is 22.9. The number of halogens is 5. The molecule has 2 saturated carbocycles. The molecule has 2 aromatic heterocycles.